The molecule has 2 heterocycles. The van der Waals surface area contributed by atoms with Crippen LogP contribution in [0.25, 0.3) is 0 Å². The monoisotopic (exact) mass is 325 g/mol. The van der Waals surface area contributed by atoms with E-state index in [2.05, 4.69) is 39.7 Å². The van der Waals surface area contributed by atoms with E-state index in [-0.39, 0.29) is 6.10 Å². The number of amidine groups is 1. The number of hydrogen-bond donors (Lipinski definition) is 1. The van der Waals surface area contributed by atoms with Crippen LogP contribution in [-0.4, -0.2) is 24.6 Å². The Balaban J connectivity index is 1.48. The summed E-state index contributed by atoms with van der Waals surface area (Å²) in [6.45, 7) is 1.76. The average Bonchev–Trinajstić information content (AvgIpc) is 3.28. The predicted octanol–water partition coefficient (Wildman–Crippen LogP) is 3.56. The summed E-state index contributed by atoms with van der Waals surface area (Å²) in [5.41, 5.74) is 4.26. The smallest absolute Gasteiger partial charge is 0.158 e. The molecule has 0 fully saturated rings. The van der Waals surface area contributed by atoms with Crippen LogP contribution in [0.5, 0.6) is 0 Å². The third-order valence-electron chi connectivity index (χ3n) is 4.08. The molecule has 23 heavy (non-hydrogen) atoms. The SMILES string of the molecule is Clc1ccc(C2CC(c3ccc(C4=NCCN4)cc3)=NO2)cc1. The van der Waals surface area contributed by atoms with Crippen LogP contribution in [0.4, 0.5) is 0 Å². The molecule has 0 spiro atoms. The molecule has 2 aromatic carbocycles. The molecule has 2 aliphatic rings. The minimum Gasteiger partial charge on any atom is -0.387 e. The molecule has 2 aliphatic heterocycles. The fourth-order valence-electron chi connectivity index (χ4n) is 2.82. The summed E-state index contributed by atoms with van der Waals surface area (Å²) in [5, 5.41) is 8.26. The maximum Gasteiger partial charge on any atom is 0.158 e. The molecule has 1 N–H and O–H groups in total. The van der Waals surface area contributed by atoms with Gasteiger partial charge in [-0.15, -0.1) is 0 Å². The second-order valence-electron chi connectivity index (χ2n) is 5.62. The summed E-state index contributed by atoms with van der Waals surface area (Å²) in [6.07, 6.45) is 0.725. The molecule has 0 radical (unpaired) electrons. The van der Waals surface area contributed by atoms with Crippen LogP contribution >= 0.6 is 11.6 Å². The third-order valence-corrected chi connectivity index (χ3v) is 4.33. The van der Waals surface area contributed by atoms with E-state index in [0.29, 0.717) is 0 Å². The number of hydrogen-bond acceptors (Lipinski definition) is 4. The van der Waals surface area contributed by atoms with Crippen molar-refractivity contribution in [3.8, 4) is 0 Å². The van der Waals surface area contributed by atoms with Gasteiger partial charge >= 0.3 is 0 Å². The number of oxime groups is 1. The van der Waals surface area contributed by atoms with Crippen molar-refractivity contribution in [1.82, 2.24) is 5.32 Å². The van der Waals surface area contributed by atoms with Gasteiger partial charge in [-0.1, -0.05) is 53.2 Å². The Morgan fingerprint density at radius 2 is 1.74 bits per heavy atom. The van der Waals surface area contributed by atoms with Gasteiger partial charge < -0.3 is 10.2 Å². The lowest BCUT2D eigenvalue weighted by Crippen LogP contribution is -2.19. The maximum absolute atomic E-state index is 5.93. The van der Waals surface area contributed by atoms with E-state index in [9.17, 15) is 0 Å². The molecule has 5 heteroatoms. The van der Waals surface area contributed by atoms with Gasteiger partial charge in [0.1, 0.15) is 5.84 Å². The van der Waals surface area contributed by atoms with E-state index >= 15 is 0 Å². The molecular weight excluding hydrogens is 310 g/mol. The number of rotatable bonds is 3. The van der Waals surface area contributed by atoms with Crippen molar-refractivity contribution in [3.63, 3.8) is 0 Å². The normalized spacial score (nSPS) is 19.8. The molecule has 0 saturated heterocycles. The molecule has 4 rings (SSSR count). The number of benzene rings is 2. The zero-order valence-corrected chi connectivity index (χ0v) is 13.3. The highest BCUT2D eigenvalue weighted by molar-refractivity contribution is 6.30. The zero-order chi connectivity index (χ0) is 15.6. The summed E-state index contributed by atoms with van der Waals surface area (Å²) in [6, 6.07) is 16.0. The van der Waals surface area contributed by atoms with E-state index in [1.54, 1.807) is 0 Å². The first-order valence-corrected chi connectivity index (χ1v) is 8.05. The van der Waals surface area contributed by atoms with Gasteiger partial charge in [-0.2, -0.15) is 0 Å². The van der Waals surface area contributed by atoms with Crippen LogP contribution < -0.4 is 5.32 Å². The first-order chi connectivity index (χ1) is 11.3. The predicted molar refractivity (Wildman–Crippen MR) is 92.3 cm³/mol. The van der Waals surface area contributed by atoms with Gasteiger partial charge in [-0.25, -0.2) is 0 Å². The van der Waals surface area contributed by atoms with Crippen LogP contribution in [0.1, 0.15) is 29.2 Å². The van der Waals surface area contributed by atoms with Crippen molar-refractivity contribution >= 4 is 23.1 Å². The second-order valence-corrected chi connectivity index (χ2v) is 6.06. The van der Waals surface area contributed by atoms with Crippen LogP contribution in [0, 0.1) is 0 Å². The Bertz CT molecular complexity index is 766. The molecule has 0 amide bonds. The Morgan fingerprint density at radius 1 is 1.00 bits per heavy atom. The summed E-state index contributed by atoms with van der Waals surface area (Å²) < 4.78 is 0. The van der Waals surface area contributed by atoms with Gasteiger partial charge in [0.15, 0.2) is 6.10 Å². The van der Waals surface area contributed by atoms with Crippen molar-refractivity contribution in [2.45, 2.75) is 12.5 Å². The third kappa shape index (κ3) is 2.94. The van der Waals surface area contributed by atoms with Gasteiger partial charge in [-0.3, -0.25) is 4.99 Å². The molecule has 4 nitrogen and oxygen atoms in total. The molecule has 1 atom stereocenters. The highest BCUT2D eigenvalue weighted by Gasteiger charge is 2.23. The molecular formula is C18H16ClN3O. The van der Waals surface area contributed by atoms with Crippen molar-refractivity contribution in [1.29, 1.82) is 0 Å². The lowest BCUT2D eigenvalue weighted by molar-refractivity contribution is 0.0857. The van der Waals surface area contributed by atoms with Gasteiger partial charge in [0.05, 0.1) is 12.3 Å². The number of halogens is 1. The molecule has 0 aromatic heterocycles. The molecule has 2 aromatic rings. The first-order valence-electron chi connectivity index (χ1n) is 7.67. The zero-order valence-electron chi connectivity index (χ0n) is 12.5. The Labute approximate surface area is 139 Å². The van der Waals surface area contributed by atoms with Crippen LogP contribution in [0.3, 0.4) is 0 Å². The van der Waals surface area contributed by atoms with E-state index in [4.69, 9.17) is 16.4 Å². The van der Waals surface area contributed by atoms with Crippen molar-refractivity contribution in [2.24, 2.45) is 10.1 Å². The number of nitrogens with one attached hydrogen (secondary N) is 1. The maximum atomic E-state index is 5.93. The summed E-state index contributed by atoms with van der Waals surface area (Å²) in [4.78, 5) is 10.0. The van der Waals surface area contributed by atoms with E-state index in [1.165, 1.54) is 0 Å². The highest BCUT2D eigenvalue weighted by atomic mass is 35.5. The lowest BCUT2D eigenvalue weighted by Gasteiger charge is -2.08. The largest absolute Gasteiger partial charge is 0.387 e. The van der Waals surface area contributed by atoms with Gasteiger partial charge in [0.25, 0.3) is 0 Å². The minimum atomic E-state index is -0.0391. The summed E-state index contributed by atoms with van der Waals surface area (Å²) >= 11 is 5.93. The molecule has 1 unspecified atom stereocenters. The Hall–Kier alpha value is -2.33. The van der Waals surface area contributed by atoms with Gasteiger partial charge in [-0.05, 0) is 23.3 Å². The van der Waals surface area contributed by atoms with Crippen LogP contribution in [0.2, 0.25) is 5.02 Å². The van der Waals surface area contributed by atoms with Crippen molar-refractivity contribution < 1.29 is 4.84 Å². The number of aliphatic imine (C=N–C) groups is 1. The topological polar surface area (TPSA) is 46.0 Å². The molecule has 0 bridgehead atoms. The fraction of sp³-hybridized carbons (Fsp3) is 0.222. The highest BCUT2D eigenvalue weighted by Crippen LogP contribution is 2.30. The quantitative estimate of drug-likeness (QED) is 0.938. The number of nitrogens with zero attached hydrogens (tertiary/aromatic N) is 2. The fourth-order valence-corrected chi connectivity index (χ4v) is 2.94. The first kappa shape index (κ1) is 14.3. The summed E-state index contributed by atoms with van der Waals surface area (Å²) in [5.74, 6) is 0.972. The van der Waals surface area contributed by atoms with Gasteiger partial charge in [0, 0.05) is 23.6 Å². The molecule has 116 valence electrons. The minimum absolute atomic E-state index is 0.0391. The Morgan fingerprint density at radius 3 is 2.43 bits per heavy atom. The van der Waals surface area contributed by atoms with E-state index < -0.39 is 0 Å². The summed E-state index contributed by atoms with van der Waals surface area (Å²) in [7, 11) is 0. The average molecular weight is 326 g/mol. The van der Waals surface area contributed by atoms with Crippen LogP contribution in [-0.2, 0) is 4.84 Å². The van der Waals surface area contributed by atoms with Crippen molar-refractivity contribution in [2.75, 3.05) is 13.1 Å². The standard InChI is InChI=1S/C18H16ClN3O/c19-15-7-5-13(6-8-15)17-11-16(22-23-17)12-1-3-14(4-2-12)18-20-9-10-21-18/h1-8,17H,9-11H2,(H,20,21). The molecule has 0 saturated carbocycles. The van der Waals surface area contributed by atoms with E-state index in [0.717, 1.165) is 52.8 Å². The van der Waals surface area contributed by atoms with Gasteiger partial charge in [0.2, 0.25) is 0 Å². The van der Waals surface area contributed by atoms with Crippen molar-refractivity contribution in [3.05, 3.63) is 70.2 Å². The lowest BCUT2D eigenvalue weighted by atomic mass is 9.99. The Kier molecular flexibility index (Phi) is 3.75. The van der Waals surface area contributed by atoms with Crippen LogP contribution in [0.15, 0.2) is 58.7 Å². The molecule has 0 aliphatic carbocycles. The van der Waals surface area contributed by atoms with E-state index in [1.807, 2.05) is 24.3 Å². The second kappa shape index (κ2) is 6.05.